The summed E-state index contributed by atoms with van der Waals surface area (Å²) < 4.78 is 7.46. The Morgan fingerprint density at radius 2 is 1.86 bits per heavy atom. The zero-order valence-corrected chi connectivity index (χ0v) is 20.0. The Morgan fingerprint density at radius 3 is 2.66 bits per heavy atom. The fraction of sp³-hybridized carbons (Fsp3) is 0.0476. The standard InChI is InChI=1S/C21H15ClI2N2O3/c22-17-7-3-1-5-13(17)12-29-19-8-4-2-6-16(19)21(28)26-25-11-14-9-15(23)10-18(24)20(14)27/h1-11,27H,12H2,(H,26,28)/b25-11+. The molecule has 3 aromatic carbocycles. The van der Waals surface area contributed by atoms with Crippen LogP contribution < -0.4 is 10.2 Å². The molecule has 0 fully saturated rings. The number of carbonyl (C=O) groups excluding carboxylic acids is 1. The predicted octanol–water partition coefficient (Wildman–Crippen LogP) is 5.60. The van der Waals surface area contributed by atoms with Gasteiger partial charge in [0.15, 0.2) is 0 Å². The fourth-order valence-electron chi connectivity index (χ4n) is 2.46. The van der Waals surface area contributed by atoms with Gasteiger partial charge in [0.25, 0.3) is 5.91 Å². The van der Waals surface area contributed by atoms with Crippen molar-refractivity contribution in [3.8, 4) is 11.5 Å². The third-order valence-corrected chi connectivity index (χ3v) is 5.71. The Hall–Kier alpha value is -1.85. The summed E-state index contributed by atoms with van der Waals surface area (Å²) in [5, 5.41) is 14.7. The molecule has 0 aliphatic rings. The number of nitrogens with zero attached hydrogens (tertiary/aromatic N) is 1. The molecule has 0 aliphatic carbocycles. The summed E-state index contributed by atoms with van der Waals surface area (Å²) in [6, 6.07) is 17.9. The van der Waals surface area contributed by atoms with E-state index < -0.39 is 5.91 Å². The highest BCUT2D eigenvalue weighted by atomic mass is 127. The average molecular weight is 633 g/mol. The number of halogens is 3. The van der Waals surface area contributed by atoms with Gasteiger partial charge in [0, 0.05) is 19.7 Å². The van der Waals surface area contributed by atoms with E-state index in [4.69, 9.17) is 16.3 Å². The number of hydrogen-bond acceptors (Lipinski definition) is 4. The monoisotopic (exact) mass is 632 g/mol. The van der Waals surface area contributed by atoms with Gasteiger partial charge in [-0.3, -0.25) is 4.79 Å². The number of para-hydroxylation sites is 1. The minimum absolute atomic E-state index is 0.118. The van der Waals surface area contributed by atoms with Crippen LogP contribution in [-0.2, 0) is 6.61 Å². The second-order valence-electron chi connectivity index (χ2n) is 5.90. The maximum absolute atomic E-state index is 12.6. The molecule has 148 valence electrons. The minimum Gasteiger partial charge on any atom is -0.506 e. The van der Waals surface area contributed by atoms with Crippen LogP contribution in [0.4, 0.5) is 0 Å². The highest BCUT2D eigenvalue weighted by molar-refractivity contribution is 14.1. The van der Waals surface area contributed by atoms with Crippen LogP contribution in [0.2, 0.25) is 5.02 Å². The van der Waals surface area contributed by atoms with E-state index in [-0.39, 0.29) is 12.4 Å². The van der Waals surface area contributed by atoms with Gasteiger partial charge in [-0.25, -0.2) is 5.43 Å². The molecule has 0 unspecified atom stereocenters. The van der Waals surface area contributed by atoms with E-state index in [9.17, 15) is 9.90 Å². The van der Waals surface area contributed by atoms with Crippen LogP contribution in [0.15, 0.2) is 65.8 Å². The first-order valence-electron chi connectivity index (χ1n) is 8.42. The molecular formula is C21H15ClI2N2O3. The van der Waals surface area contributed by atoms with E-state index in [1.54, 1.807) is 36.4 Å². The molecule has 29 heavy (non-hydrogen) atoms. The third kappa shape index (κ3) is 5.83. The molecule has 3 rings (SSSR count). The van der Waals surface area contributed by atoms with Crippen molar-refractivity contribution in [2.75, 3.05) is 0 Å². The van der Waals surface area contributed by atoms with Gasteiger partial charge in [-0.05, 0) is 75.5 Å². The van der Waals surface area contributed by atoms with Crippen LogP contribution >= 0.6 is 56.8 Å². The van der Waals surface area contributed by atoms with Crippen molar-refractivity contribution < 1.29 is 14.6 Å². The quantitative estimate of drug-likeness (QED) is 0.211. The number of nitrogens with one attached hydrogen (secondary N) is 1. The predicted molar refractivity (Wildman–Crippen MR) is 131 cm³/mol. The number of rotatable bonds is 6. The Morgan fingerprint density at radius 1 is 1.14 bits per heavy atom. The van der Waals surface area contributed by atoms with Gasteiger partial charge in [0.2, 0.25) is 0 Å². The Balaban J connectivity index is 1.71. The number of ether oxygens (including phenoxy) is 1. The number of phenolic OH excluding ortho intramolecular Hbond substituents is 1. The molecule has 1 amide bonds. The molecule has 0 atom stereocenters. The molecule has 5 nitrogen and oxygen atoms in total. The molecule has 0 aromatic heterocycles. The van der Waals surface area contributed by atoms with E-state index in [1.807, 2.05) is 46.9 Å². The lowest BCUT2D eigenvalue weighted by Crippen LogP contribution is -2.18. The summed E-state index contributed by atoms with van der Waals surface area (Å²) in [6.07, 6.45) is 1.41. The summed E-state index contributed by atoms with van der Waals surface area (Å²) in [5.74, 6) is 0.120. The second kappa shape index (κ2) is 10.3. The first kappa shape index (κ1) is 21.8. The van der Waals surface area contributed by atoms with Crippen molar-refractivity contribution >= 4 is 68.9 Å². The van der Waals surface area contributed by atoms with E-state index in [0.29, 0.717) is 25.5 Å². The van der Waals surface area contributed by atoms with Gasteiger partial charge in [-0.15, -0.1) is 0 Å². The molecule has 0 bridgehead atoms. The molecule has 0 saturated heterocycles. The van der Waals surface area contributed by atoms with E-state index in [1.165, 1.54) is 6.21 Å². The lowest BCUT2D eigenvalue weighted by molar-refractivity contribution is 0.0950. The van der Waals surface area contributed by atoms with Crippen molar-refractivity contribution in [1.82, 2.24) is 5.43 Å². The zero-order valence-electron chi connectivity index (χ0n) is 14.9. The highest BCUT2D eigenvalue weighted by Crippen LogP contribution is 2.26. The topological polar surface area (TPSA) is 70.9 Å². The number of aromatic hydroxyl groups is 1. The number of phenols is 1. The Labute approximate surface area is 200 Å². The van der Waals surface area contributed by atoms with Crippen LogP contribution in [-0.4, -0.2) is 17.2 Å². The fourth-order valence-corrected chi connectivity index (χ4v) is 4.54. The second-order valence-corrected chi connectivity index (χ2v) is 8.72. The maximum Gasteiger partial charge on any atom is 0.275 e. The first-order chi connectivity index (χ1) is 14.0. The van der Waals surface area contributed by atoms with Crippen molar-refractivity contribution in [3.63, 3.8) is 0 Å². The van der Waals surface area contributed by atoms with Crippen molar-refractivity contribution in [2.45, 2.75) is 6.61 Å². The summed E-state index contributed by atoms with van der Waals surface area (Å²) in [6.45, 7) is 0.238. The number of hydrazone groups is 1. The van der Waals surface area contributed by atoms with Gasteiger partial charge in [0.1, 0.15) is 18.1 Å². The van der Waals surface area contributed by atoms with Gasteiger partial charge >= 0.3 is 0 Å². The molecular weight excluding hydrogens is 618 g/mol. The van der Waals surface area contributed by atoms with Crippen molar-refractivity contribution in [2.24, 2.45) is 5.10 Å². The average Bonchev–Trinajstić information content (AvgIpc) is 2.71. The molecule has 8 heteroatoms. The van der Waals surface area contributed by atoms with Crippen LogP contribution in [0.5, 0.6) is 11.5 Å². The number of hydrogen-bond donors (Lipinski definition) is 2. The van der Waals surface area contributed by atoms with Crippen LogP contribution in [0.25, 0.3) is 0 Å². The molecule has 0 spiro atoms. The molecule has 3 aromatic rings. The largest absolute Gasteiger partial charge is 0.506 e. The summed E-state index contributed by atoms with van der Waals surface area (Å²) >= 11 is 10.3. The number of benzene rings is 3. The summed E-state index contributed by atoms with van der Waals surface area (Å²) in [4.78, 5) is 12.6. The van der Waals surface area contributed by atoms with Gasteiger partial charge in [-0.1, -0.05) is 41.9 Å². The third-order valence-electron chi connectivity index (χ3n) is 3.90. The summed E-state index contributed by atoms with van der Waals surface area (Å²) in [5.41, 5.74) is 4.16. The molecule has 2 N–H and O–H groups in total. The first-order valence-corrected chi connectivity index (χ1v) is 11.0. The van der Waals surface area contributed by atoms with Crippen LogP contribution in [0.3, 0.4) is 0 Å². The Bertz CT molecular complexity index is 1070. The van der Waals surface area contributed by atoms with Gasteiger partial charge < -0.3 is 9.84 Å². The van der Waals surface area contributed by atoms with Crippen LogP contribution in [0.1, 0.15) is 21.5 Å². The molecule has 0 aliphatic heterocycles. The number of carbonyl (C=O) groups is 1. The van der Waals surface area contributed by atoms with Crippen molar-refractivity contribution in [3.05, 3.63) is 89.5 Å². The molecule has 0 radical (unpaired) electrons. The van der Waals surface area contributed by atoms with Gasteiger partial charge in [0.05, 0.1) is 15.3 Å². The lowest BCUT2D eigenvalue weighted by atomic mass is 10.2. The van der Waals surface area contributed by atoms with E-state index in [2.05, 4.69) is 33.1 Å². The highest BCUT2D eigenvalue weighted by Gasteiger charge is 2.12. The Kier molecular flexibility index (Phi) is 7.73. The van der Waals surface area contributed by atoms with E-state index in [0.717, 1.165) is 9.13 Å². The number of amides is 1. The molecule has 0 saturated carbocycles. The summed E-state index contributed by atoms with van der Waals surface area (Å²) in [7, 11) is 0. The SMILES string of the molecule is O=C(N/N=C/c1cc(I)cc(I)c1O)c1ccccc1OCc1ccccc1Cl. The smallest absolute Gasteiger partial charge is 0.275 e. The van der Waals surface area contributed by atoms with Crippen LogP contribution in [0, 0.1) is 7.14 Å². The van der Waals surface area contributed by atoms with E-state index >= 15 is 0 Å². The zero-order chi connectivity index (χ0) is 20.8. The maximum atomic E-state index is 12.6. The lowest BCUT2D eigenvalue weighted by Gasteiger charge is -2.11. The minimum atomic E-state index is -0.421. The van der Waals surface area contributed by atoms with Crippen molar-refractivity contribution in [1.29, 1.82) is 0 Å². The normalized spacial score (nSPS) is 10.9. The van der Waals surface area contributed by atoms with Gasteiger partial charge in [-0.2, -0.15) is 5.10 Å². The molecule has 0 heterocycles.